The van der Waals surface area contributed by atoms with Gasteiger partial charge in [0.1, 0.15) is 0 Å². The first-order valence-corrected chi connectivity index (χ1v) is 7.16. The third-order valence-electron chi connectivity index (χ3n) is 2.84. The molecule has 1 N–H and O–H groups in total. The lowest BCUT2D eigenvalue weighted by atomic mass is 10.2. The number of aromatic nitrogens is 1. The van der Waals surface area contributed by atoms with Crippen molar-refractivity contribution in [2.24, 2.45) is 0 Å². The van der Waals surface area contributed by atoms with Crippen LogP contribution in [0.5, 0.6) is 0 Å². The van der Waals surface area contributed by atoms with Gasteiger partial charge in [0.2, 0.25) is 0 Å². The van der Waals surface area contributed by atoms with Crippen LogP contribution in [0.2, 0.25) is 5.02 Å². The molecule has 0 amide bonds. The monoisotopic (exact) mass is 326 g/mol. The molecule has 0 saturated heterocycles. The quantitative estimate of drug-likeness (QED) is 0.876. The zero-order valence-electron chi connectivity index (χ0n) is 10.3. The first-order chi connectivity index (χ1) is 8.70. The van der Waals surface area contributed by atoms with E-state index in [4.69, 9.17) is 11.6 Å². The van der Waals surface area contributed by atoms with Gasteiger partial charge < -0.3 is 9.88 Å². The highest BCUT2D eigenvalue weighted by atomic mass is 79.9. The van der Waals surface area contributed by atoms with Crippen molar-refractivity contribution in [1.29, 1.82) is 0 Å². The van der Waals surface area contributed by atoms with Crippen molar-refractivity contribution in [1.82, 2.24) is 9.88 Å². The molecule has 0 atom stereocenters. The summed E-state index contributed by atoms with van der Waals surface area (Å²) in [6.45, 7) is 4.78. The van der Waals surface area contributed by atoms with Crippen molar-refractivity contribution in [3.05, 3.63) is 57.3 Å². The molecular formula is C14H16BrClN2. The lowest BCUT2D eigenvalue weighted by molar-refractivity contribution is 0.657. The molecule has 4 heteroatoms. The summed E-state index contributed by atoms with van der Waals surface area (Å²) in [5.41, 5.74) is 2.41. The highest BCUT2D eigenvalue weighted by Gasteiger charge is 2.05. The van der Waals surface area contributed by atoms with Gasteiger partial charge in [-0.3, -0.25) is 0 Å². The normalized spacial score (nSPS) is 10.8. The first-order valence-electron chi connectivity index (χ1n) is 5.99. The highest BCUT2D eigenvalue weighted by Crippen LogP contribution is 2.22. The standard InChI is InChI=1S/C14H16BrClN2/c1-2-17-9-13-4-3-7-18(13)10-11-5-6-12(15)8-14(11)16/h3-8,17H,2,9-10H2,1H3. The Morgan fingerprint density at radius 1 is 1.33 bits per heavy atom. The van der Waals surface area contributed by atoms with E-state index in [0.29, 0.717) is 0 Å². The molecule has 0 saturated carbocycles. The Hall–Kier alpha value is -0.770. The van der Waals surface area contributed by atoms with E-state index in [-0.39, 0.29) is 0 Å². The third-order valence-corrected chi connectivity index (χ3v) is 3.68. The topological polar surface area (TPSA) is 17.0 Å². The summed E-state index contributed by atoms with van der Waals surface area (Å²) < 4.78 is 3.23. The third kappa shape index (κ3) is 3.37. The molecule has 1 heterocycles. The molecule has 18 heavy (non-hydrogen) atoms. The molecular weight excluding hydrogens is 312 g/mol. The average molecular weight is 328 g/mol. The van der Waals surface area contributed by atoms with E-state index in [9.17, 15) is 0 Å². The van der Waals surface area contributed by atoms with Crippen LogP contribution in [0, 0.1) is 0 Å². The number of nitrogens with one attached hydrogen (secondary N) is 1. The molecule has 1 aromatic heterocycles. The maximum Gasteiger partial charge on any atom is 0.0488 e. The number of rotatable bonds is 5. The molecule has 96 valence electrons. The van der Waals surface area contributed by atoms with Gasteiger partial charge in [0.15, 0.2) is 0 Å². The summed E-state index contributed by atoms with van der Waals surface area (Å²) in [7, 11) is 0. The Balaban J connectivity index is 2.15. The number of hydrogen-bond donors (Lipinski definition) is 1. The van der Waals surface area contributed by atoms with Crippen molar-refractivity contribution < 1.29 is 0 Å². The van der Waals surface area contributed by atoms with E-state index in [1.807, 2.05) is 12.1 Å². The lowest BCUT2D eigenvalue weighted by Crippen LogP contribution is -2.15. The Kier molecular flexibility index (Phi) is 4.87. The summed E-state index contributed by atoms with van der Waals surface area (Å²) in [6.07, 6.45) is 2.09. The average Bonchev–Trinajstić information content (AvgIpc) is 2.77. The van der Waals surface area contributed by atoms with E-state index in [1.54, 1.807) is 0 Å². The number of nitrogens with zero attached hydrogens (tertiary/aromatic N) is 1. The van der Waals surface area contributed by atoms with Gasteiger partial charge in [-0.15, -0.1) is 0 Å². The van der Waals surface area contributed by atoms with Crippen LogP contribution >= 0.6 is 27.5 Å². The SMILES string of the molecule is CCNCc1cccn1Cc1ccc(Br)cc1Cl. The second kappa shape index (κ2) is 6.41. The minimum atomic E-state index is 0.799. The second-order valence-electron chi connectivity index (χ2n) is 4.14. The van der Waals surface area contributed by atoms with Gasteiger partial charge in [-0.25, -0.2) is 0 Å². The predicted octanol–water partition coefficient (Wildman–Crippen LogP) is 4.06. The molecule has 0 bridgehead atoms. The van der Waals surface area contributed by atoms with Crippen LogP contribution in [0.15, 0.2) is 41.0 Å². The Labute approximate surface area is 121 Å². The van der Waals surface area contributed by atoms with E-state index in [1.165, 1.54) is 5.69 Å². The summed E-state index contributed by atoms with van der Waals surface area (Å²) in [6, 6.07) is 10.2. The zero-order valence-corrected chi connectivity index (χ0v) is 12.6. The summed E-state index contributed by atoms with van der Waals surface area (Å²) in [4.78, 5) is 0. The minimum absolute atomic E-state index is 0.799. The summed E-state index contributed by atoms with van der Waals surface area (Å²) in [5, 5.41) is 4.14. The molecule has 0 fully saturated rings. The summed E-state index contributed by atoms with van der Waals surface area (Å²) >= 11 is 9.67. The van der Waals surface area contributed by atoms with Gasteiger partial charge in [-0.1, -0.05) is 40.5 Å². The van der Waals surface area contributed by atoms with Crippen LogP contribution in [-0.4, -0.2) is 11.1 Å². The Morgan fingerprint density at radius 2 is 2.17 bits per heavy atom. The molecule has 2 aromatic rings. The highest BCUT2D eigenvalue weighted by molar-refractivity contribution is 9.10. The van der Waals surface area contributed by atoms with E-state index in [0.717, 1.165) is 34.7 Å². The van der Waals surface area contributed by atoms with Crippen LogP contribution < -0.4 is 5.32 Å². The van der Waals surface area contributed by atoms with Gasteiger partial charge in [-0.05, 0) is 36.4 Å². The predicted molar refractivity (Wildman–Crippen MR) is 80.1 cm³/mol. The number of halogens is 2. The van der Waals surface area contributed by atoms with E-state index in [2.05, 4.69) is 57.1 Å². The van der Waals surface area contributed by atoms with Gasteiger partial charge in [-0.2, -0.15) is 0 Å². The molecule has 0 aliphatic rings. The van der Waals surface area contributed by atoms with Crippen LogP contribution in [0.3, 0.4) is 0 Å². The molecule has 0 radical (unpaired) electrons. The smallest absolute Gasteiger partial charge is 0.0488 e. The van der Waals surface area contributed by atoms with Crippen LogP contribution in [0.4, 0.5) is 0 Å². The van der Waals surface area contributed by atoms with Crippen LogP contribution in [0.25, 0.3) is 0 Å². The Morgan fingerprint density at radius 3 is 2.89 bits per heavy atom. The van der Waals surface area contributed by atoms with Crippen LogP contribution in [-0.2, 0) is 13.1 Å². The second-order valence-corrected chi connectivity index (χ2v) is 5.47. The fraction of sp³-hybridized carbons (Fsp3) is 0.286. The molecule has 0 aliphatic carbocycles. The minimum Gasteiger partial charge on any atom is -0.346 e. The van der Waals surface area contributed by atoms with Crippen molar-refractivity contribution >= 4 is 27.5 Å². The maximum absolute atomic E-state index is 6.24. The van der Waals surface area contributed by atoms with E-state index < -0.39 is 0 Å². The fourth-order valence-electron chi connectivity index (χ4n) is 1.85. The molecule has 0 aliphatic heterocycles. The van der Waals surface area contributed by atoms with Gasteiger partial charge >= 0.3 is 0 Å². The molecule has 0 spiro atoms. The van der Waals surface area contributed by atoms with Crippen LogP contribution in [0.1, 0.15) is 18.2 Å². The first kappa shape index (κ1) is 13.7. The van der Waals surface area contributed by atoms with Crippen molar-refractivity contribution in [3.63, 3.8) is 0 Å². The van der Waals surface area contributed by atoms with E-state index >= 15 is 0 Å². The van der Waals surface area contributed by atoms with Gasteiger partial charge in [0.05, 0.1) is 0 Å². The molecule has 2 rings (SSSR count). The molecule has 2 nitrogen and oxygen atoms in total. The van der Waals surface area contributed by atoms with Crippen molar-refractivity contribution in [2.75, 3.05) is 6.54 Å². The fourth-order valence-corrected chi connectivity index (χ4v) is 2.58. The number of hydrogen-bond acceptors (Lipinski definition) is 1. The zero-order chi connectivity index (χ0) is 13.0. The molecule has 0 unspecified atom stereocenters. The molecule has 1 aromatic carbocycles. The maximum atomic E-state index is 6.24. The Bertz CT molecular complexity index is 522. The van der Waals surface area contributed by atoms with Crippen molar-refractivity contribution in [2.45, 2.75) is 20.0 Å². The van der Waals surface area contributed by atoms with Crippen molar-refractivity contribution in [3.8, 4) is 0 Å². The number of benzene rings is 1. The van der Waals surface area contributed by atoms with Gasteiger partial charge in [0, 0.05) is 34.5 Å². The lowest BCUT2D eigenvalue weighted by Gasteiger charge is -2.11. The largest absolute Gasteiger partial charge is 0.346 e. The van der Waals surface area contributed by atoms with Gasteiger partial charge in [0.25, 0.3) is 0 Å². The summed E-state index contributed by atoms with van der Waals surface area (Å²) in [5.74, 6) is 0.